The van der Waals surface area contributed by atoms with Gasteiger partial charge in [-0.1, -0.05) is 24.3 Å². The predicted octanol–water partition coefficient (Wildman–Crippen LogP) is 5.46. The highest BCUT2D eigenvalue weighted by atomic mass is 19.4. The number of carbonyl (C=O) groups is 1. The van der Waals surface area contributed by atoms with Gasteiger partial charge in [-0.2, -0.15) is 26.3 Å². The number of primary amides is 1. The van der Waals surface area contributed by atoms with Gasteiger partial charge in [-0.25, -0.2) is 4.79 Å². The molecule has 1 amide bonds. The van der Waals surface area contributed by atoms with Crippen LogP contribution in [0.1, 0.15) is 34.6 Å². The second kappa shape index (κ2) is 8.52. The van der Waals surface area contributed by atoms with Crippen molar-refractivity contribution in [3.63, 3.8) is 0 Å². The summed E-state index contributed by atoms with van der Waals surface area (Å²) in [5.74, 6) is 0.329. The summed E-state index contributed by atoms with van der Waals surface area (Å²) in [6, 6.07) is 6.75. The molecule has 2 aromatic carbocycles. The Bertz CT molecular complexity index is 1120. The quantitative estimate of drug-likeness (QED) is 0.512. The molecule has 0 aliphatic carbocycles. The van der Waals surface area contributed by atoms with E-state index in [1.54, 1.807) is 0 Å². The van der Waals surface area contributed by atoms with Crippen LogP contribution in [-0.4, -0.2) is 16.3 Å². The van der Waals surface area contributed by atoms with E-state index in [9.17, 15) is 31.1 Å². The number of hydrogen-bond acceptors (Lipinski definition) is 5. The molecule has 1 heterocycles. The van der Waals surface area contributed by atoms with Crippen LogP contribution in [0.3, 0.4) is 0 Å². The van der Waals surface area contributed by atoms with E-state index in [4.69, 9.17) is 14.9 Å². The minimum Gasteiger partial charge on any atom is -0.441 e. The minimum absolute atomic E-state index is 0.0386. The summed E-state index contributed by atoms with van der Waals surface area (Å²) in [6.45, 7) is 1.53. The van der Waals surface area contributed by atoms with Gasteiger partial charge in [-0.15, -0.1) is 10.2 Å². The number of nitrogens with two attached hydrogens (primary N) is 1. The number of aryl methyl sites for hydroxylation is 1. The fourth-order valence-electron chi connectivity index (χ4n) is 3.06. The standard InChI is InChI=1S/C20H15F6N3O3/c1-10-28-29-17(31-10)9-16(32-18(27)30)12-4-2-3-11(7-12)14-6-5-13(19(21,22)23)8-15(14)20(24,25)26/h2-8,16H,9H2,1H3,(H2,27,30). The van der Waals surface area contributed by atoms with Gasteiger partial charge in [0.2, 0.25) is 11.8 Å². The number of carbonyl (C=O) groups excluding carboxylic acids is 1. The number of ether oxygens (including phenoxy) is 1. The van der Waals surface area contributed by atoms with Crippen LogP contribution < -0.4 is 5.73 Å². The normalized spacial score (nSPS) is 13.1. The van der Waals surface area contributed by atoms with E-state index < -0.39 is 41.2 Å². The molecular weight excluding hydrogens is 444 g/mol. The minimum atomic E-state index is -5.04. The number of aromatic nitrogens is 2. The zero-order valence-corrected chi connectivity index (χ0v) is 16.3. The molecular formula is C20H15F6N3O3. The van der Waals surface area contributed by atoms with Gasteiger partial charge in [0, 0.05) is 6.92 Å². The highest BCUT2D eigenvalue weighted by molar-refractivity contribution is 5.70. The average Bonchev–Trinajstić information content (AvgIpc) is 3.10. The molecule has 0 radical (unpaired) electrons. The molecule has 0 saturated carbocycles. The van der Waals surface area contributed by atoms with Gasteiger partial charge in [-0.05, 0) is 34.9 Å². The fourth-order valence-corrected chi connectivity index (χ4v) is 3.06. The maximum atomic E-state index is 13.5. The molecule has 3 aromatic rings. The topological polar surface area (TPSA) is 91.2 Å². The van der Waals surface area contributed by atoms with Crippen LogP contribution in [0.5, 0.6) is 0 Å². The largest absolute Gasteiger partial charge is 0.441 e. The van der Waals surface area contributed by atoms with Crippen molar-refractivity contribution >= 4 is 6.09 Å². The molecule has 0 aliphatic rings. The van der Waals surface area contributed by atoms with E-state index in [1.807, 2.05) is 0 Å². The Kier molecular flexibility index (Phi) is 6.15. The second-order valence-electron chi connectivity index (χ2n) is 6.73. The van der Waals surface area contributed by atoms with Gasteiger partial charge in [0.1, 0.15) is 6.10 Å². The fraction of sp³-hybridized carbons (Fsp3) is 0.250. The smallest absolute Gasteiger partial charge is 0.417 e. The first-order chi connectivity index (χ1) is 14.8. The molecule has 1 atom stereocenters. The summed E-state index contributed by atoms with van der Waals surface area (Å²) in [4.78, 5) is 11.3. The van der Waals surface area contributed by atoms with E-state index in [2.05, 4.69) is 10.2 Å². The Morgan fingerprint density at radius 3 is 2.34 bits per heavy atom. The van der Waals surface area contributed by atoms with Crippen molar-refractivity contribution < 1.29 is 40.3 Å². The second-order valence-corrected chi connectivity index (χ2v) is 6.73. The molecule has 0 bridgehead atoms. The van der Waals surface area contributed by atoms with Crippen LogP contribution in [0.15, 0.2) is 46.9 Å². The lowest BCUT2D eigenvalue weighted by atomic mass is 9.94. The van der Waals surface area contributed by atoms with Gasteiger partial charge in [0.15, 0.2) is 0 Å². The summed E-state index contributed by atoms with van der Waals surface area (Å²) in [5, 5.41) is 7.41. The maximum absolute atomic E-state index is 13.5. The molecule has 0 saturated heterocycles. The number of alkyl halides is 6. The number of rotatable bonds is 5. The molecule has 6 nitrogen and oxygen atoms in total. The van der Waals surface area contributed by atoms with Gasteiger partial charge in [-0.3, -0.25) is 0 Å². The number of nitrogens with zero attached hydrogens (tertiary/aromatic N) is 2. The number of hydrogen-bond donors (Lipinski definition) is 1. The van der Waals surface area contributed by atoms with E-state index in [-0.39, 0.29) is 35.4 Å². The van der Waals surface area contributed by atoms with Gasteiger partial charge in [0.25, 0.3) is 0 Å². The predicted molar refractivity (Wildman–Crippen MR) is 98.0 cm³/mol. The Labute approximate surface area is 177 Å². The molecule has 12 heteroatoms. The average molecular weight is 459 g/mol. The molecule has 0 spiro atoms. The maximum Gasteiger partial charge on any atom is 0.417 e. The van der Waals surface area contributed by atoms with Crippen molar-refractivity contribution in [3.05, 3.63) is 70.9 Å². The van der Waals surface area contributed by atoms with E-state index >= 15 is 0 Å². The third-order valence-electron chi connectivity index (χ3n) is 4.41. The highest BCUT2D eigenvalue weighted by Gasteiger charge is 2.38. The summed E-state index contributed by atoms with van der Waals surface area (Å²) >= 11 is 0. The Balaban J connectivity index is 2.06. The van der Waals surface area contributed by atoms with Crippen molar-refractivity contribution in [2.45, 2.75) is 31.8 Å². The molecule has 1 aromatic heterocycles. The first-order valence-electron chi connectivity index (χ1n) is 8.98. The third-order valence-corrected chi connectivity index (χ3v) is 4.41. The summed E-state index contributed by atoms with van der Waals surface area (Å²) in [6.07, 6.45) is -12.3. The SMILES string of the molecule is Cc1nnc(CC(OC(N)=O)c2cccc(-c3ccc(C(F)(F)F)cc3C(F)(F)F)c2)o1. The Morgan fingerprint density at radius 2 is 1.78 bits per heavy atom. The van der Waals surface area contributed by atoms with Crippen LogP contribution in [0.2, 0.25) is 0 Å². The van der Waals surface area contributed by atoms with Crippen molar-refractivity contribution in [1.29, 1.82) is 0 Å². The molecule has 170 valence electrons. The summed E-state index contributed by atoms with van der Waals surface area (Å²) < 4.78 is 89.7. The zero-order chi connectivity index (χ0) is 23.7. The van der Waals surface area contributed by atoms with E-state index in [1.165, 1.54) is 31.2 Å². The third kappa shape index (κ3) is 5.37. The molecule has 0 aliphatic heterocycles. The van der Waals surface area contributed by atoms with Crippen molar-refractivity contribution in [2.75, 3.05) is 0 Å². The lowest BCUT2D eigenvalue weighted by Crippen LogP contribution is -2.19. The number of benzene rings is 2. The molecule has 3 rings (SSSR count). The van der Waals surface area contributed by atoms with Crippen LogP contribution >= 0.6 is 0 Å². The molecule has 2 N–H and O–H groups in total. The number of halogens is 6. The van der Waals surface area contributed by atoms with Crippen molar-refractivity contribution in [1.82, 2.24) is 10.2 Å². The first kappa shape index (κ1) is 23.1. The zero-order valence-electron chi connectivity index (χ0n) is 16.3. The van der Waals surface area contributed by atoms with Gasteiger partial charge in [0.05, 0.1) is 17.5 Å². The summed E-state index contributed by atoms with van der Waals surface area (Å²) in [5.41, 5.74) is 1.93. The van der Waals surface area contributed by atoms with Gasteiger partial charge >= 0.3 is 18.4 Å². The van der Waals surface area contributed by atoms with Crippen molar-refractivity contribution in [3.8, 4) is 11.1 Å². The van der Waals surface area contributed by atoms with Crippen LogP contribution in [0.25, 0.3) is 11.1 Å². The van der Waals surface area contributed by atoms with Crippen LogP contribution in [0.4, 0.5) is 31.1 Å². The lowest BCUT2D eigenvalue weighted by Gasteiger charge is -2.19. The van der Waals surface area contributed by atoms with Crippen LogP contribution in [0, 0.1) is 6.92 Å². The Morgan fingerprint density at radius 1 is 1.06 bits per heavy atom. The molecule has 1 unspecified atom stereocenters. The van der Waals surface area contributed by atoms with E-state index in [0.29, 0.717) is 6.07 Å². The van der Waals surface area contributed by atoms with Crippen molar-refractivity contribution in [2.24, 2.45) is 5.73 Å². The Hall–Kier alpha value is -3.57. The molecule has 0 fully saturated rings. The highest BCUT2D eigenvalue weighted by Crippen LogP contribution is 2.41. The van der Waals surface area contributed by atoms with Gasteiger partial charge < -0.3 is 14.9 Å². The first-order valence-corrected chi connectivity index (χ1v) is 8.98. The van der Waals surface area contributed by atoms with Crippen LogP contribution in [-0.2, 0) is 23.5 Å². The monoisotopic (exact) mass is 459 g/mol. The summed E-state index contributed by atoms with van der Waals surface area (Å²) in [7, 11) is 0. The molecule has 32 heavy (non-hydrogen) atoms. The number of amides is 1. The van der Waals surface area contributed by atoms with E-state index in [0.717, 1.165) is 6.07 Å². The lowest BCUT2D eigenvalue weighted by molar-refractivity contribution is -0.142.